The molecule has 0 radical (unpaired) electrons. The van der Waals surface area contributed by atoms with Crippen LogP contribution in [0.5, 0.6) is 0 Å². The normalized spacial score (nSPS) is 20.0. The van der Waals surface area contributed by atoms with Crippen molar-refractivity contribution in [1.29, 1.82) is 0 Å². The lowest BCUT2D eigenvalue weighted by molar-refractivity contribution is 0.0785. The maximum Gasteiger partial charge on any atom is 0.274 e. The molecule has 2 aliphatic rings. The number of fused-ring (bicyclic) bond motifs is 1. The Kier molecular flexibility index (Phi) is 4.90. The summed E-state index contributed by atoms with van der Waals surface area (Å²) in [7, 11) is 0. The van der Waals surface area contributed by atoms with Gasteiger partial charge >= 0.3 is 0 Å². The number of rotatable bonds is 5. The molecule has 0 unspecified atom stereocenters. The first kappa shape index (κ1) is 16.8. The van der Waals surface area contributed by atoms with Crippen LogP contribution in [-0.2, 0) is 25.9 Å². The van der Waals surface area contributed by atoms with Crippen LogP contribution in [0.4, 0.5) is 0 Å². The van der Waals surface area contributed by atoms with Gasteiger partial charge in [-0.3, -0.25) is 9.48 Å². The Bertz CT molecular complexity index is 731. The molecule has 1 fully saturated rings. The smallest absolute Gasteiger partial charge is 0.274 e. The first-order valence-electron chi connectivity index (χ1n) is 9.40. The Morgan fingerprint density at radius 2 is 2.24 bits per heavy atom. The molecule has 134 valence electrons. The number of aryl methyl sites for hydroxylation is 1. The van der Waals surface area contributed by atoms with E-state index in [1.54, 1.807) is 11.3 Å². The summed E-state index contributed by atoms with van der Waals surface area (Å²) in [5, 5.41) is 10.5. The van der Waals surface area contributed by atoms with Gasteiger partial charge in [-0.05, 0) is 50.5 Å². The van der Waals surface area contributed by atoms with Crippen LogP contribution in [0.25, 0.3) is 0 Å². The second kappa shape index (κ2) is 7.30. The zero-order valence-corrected chi connectivity index (χ0v) is 15.6. The van der Waals surface area contributed by atoms with Crippen LogP contribution < -0.4 is 5.32 Å². The molecule has 6 heteroatoms. The second-order valence-electron chi connectivity index (χ2n) is 6.99. The van der Waals surface area contributed by atoms with Crippen molar-refractivity contribution in [1.82, 2.24) is 20.0 Å². The maximum atomic E-state index is 12.9. The molecule has 1 N–H and O–H groups in total. The van der Waals surface area contributed by atoms with Crippen molar-refractivity contribution < 1.29 is 4.79 Å². The van der Waals surface area contributed by atoms with Crippen molar-refractivity contribution in [2.24, 2.45) is 0 Å². The van der Waals surface area contributed by atoms with E-state index in [2.05, 4.69) is 29.8 Å². The number of carbonyl (C=O) groups excluding carboxylic acids is 1. The molecule has 1 amide bonds. The van der Waals surface area contributed by atoms with Crippen LogP contribution in [0.15, 0.2) is 17.5 Å². The molecule has 0 spiro atoms. The molecule has 2 aromatic heterocycles. The predicted molar refractivity (Wildman–Crippen MR) is 100 cm³/mol. The van der Waals surface area contributed by atoms with E-state index < -0.39 is 0 Å². The monoisotopic (exact) mass is 358 g/mol. The molecule has 4 rings (SSSR count). The molecule has 1 aliphatic carbocycles. The molecule has 3 heterocycles. The molecule has 1 atom stereocenters. The summed E-state index contributed by atoms with van der Waals surface area (Å²) in [6.45, 7) is 5.62. The van der Waals surface area contributed by atoms with Gasteiger partial charge in [-0.25, -0.2) is 0 Å². The van der Waals surface area contributed by atoms with E-state index in [1.807, 2.05) is 9.58 Å². The Balaban J connectivity index is 1.52. The summed E-state index contributed by atoms with van der Waals surface area (Å²) in [5.41, 5.74) is 3.18. The van der Waals surface area contributed by atoms with Crippen LogP contribution in [-0.4, -0.2) is 39.7 Å². The number of nitrogens with one attached hydrogen (secondary N) is 1. The molecule has 2 aromatic rings. The number of aromatic nitrogens is 2. The van der Waals surface area contributed by atoms with Crippen molar-refractivity contribution in [2.75, 3.05) is 13.1 Å². The van der Waals surface area contributed by atoms with Gasteiger partial charge in [0.15, 0.2) is 5.69 Å². The summed E-state index contributed by atoms with van der Waals surface area (Å²) < 4.78 is 2.05. The minimum atomic E-state index is 0.139. The molecule has 1 saturated heterocycles. The van der Waals surface area contributed by atoms with E-state index in [0.717, 1.165) is 58.3 Å². The van der Waals surface area contributed by atoms with Gasteiger partial charge in [0, 0.05) is 48.4 Å². The fourth-order valence-electron chi connectivity index (χ4n) is 4.02. The van der Waals surface area contributed by atoms with Gasteiger partial charge in [0.1, 0.15) is 0 Å². The summed E-state index contributed by atoms with van der Waals surface area (Å²) in [6.07, 6.45) is 5.27. The van der Waals surface area contributed by atoms with E-state index >= 15 is 0 Å². The molecule has 5 nitrogen and oxygen atoms in total. The van der Waals surface area contributed by atoms with Crippen molar-refractivity contribution in [3.8, 4) is 0 Å². The summed E-state index contributed by atoms with van der Waals surface area (Å²) in [5.74, 6) is 0.139. The second-order valence-corrected chi connectivity index (χ2v) is 8.02. The number of hydrogen-bond donors (Lipinski definition) is 1. The molecular formula is C19H26N4OS. The summed E-state index contributed by atoms with van der Waals surface area (Å²) in [4.78, 5) is 16.3. The Hall–Kier alpha value is -1.66. The van der Waals surface area contributed by atoms with Gasteiger partial charge in [0.2, 0.25) is 0 Å². The van der Waals surface area contributed by atoms with Crippen molar-refractivity contribution in [2.45, 2.75) is 58.2 Å². The highest BCUT2D eigenvalue weighted by molar-refractivity contribution is 7.09. The van der Waals surface area contributed by atoms with Gasteiger partial charge in [0.05, 0.1) is 0 Å². The van der Waals surface area contributed by atoms with Crippen molar-refractivity contribution >= 4 is 17.2 Å². The maximum absolute atomic E-state index is 12.9. The van der Waals surface area contributed by atoms with E-state index in [0.29, 0.717) is 11.7 Å². The lowest BCUT2D eigenvalue weighted by Gasteiger charge is -2.25. The van der Waals surface area contributed by atoms with E-state index in [4.69, 9.17) is 5.10 Å². The number of hydrogen-bond acceptors (Lipinski definition) is 4. The van der Waals surface area contributed by atoms with Gasteiger partial charge < -0.3 is 10.2 Å². The lowest BCUT2D eigenvalue weighted by atomic mass is 9.91. The average Bonchev–Trinajstić information content (AvgIpc) is 3.39. The highest BCUT2D eigenvalue weighted by Gasteiger charge is 2.31. The van der Waals surface area contributed by atoms with Crippen LogP contribution in [0, 0.1) is 0 Å². The Labute approximate surface area is 153 Å². The first-order valence-corrected chi connectivity index (χ1v) is 10.3. The molecule has 0 saturated carbocycles. The van der Waals surface area contributed by atoms with E-state index in [-0.39, 0.29) is 5.91 Å². The van der Waals surface area contributed by atoms with Gasteiger partial charge in [0.25, 0.3) is 5.91 Å². The van der Waals surface area contributed by atoms with Crippen LogP contribution in [0.1, 0.15) is 52.8 Å². The molecule has 0 aromatic carbocycles. The SMILES string of the molecule is CCn1nc(C(=O)N2CCCC2)c2c1CC[C@@H](NCc1cccs1)C2. The number of nitrogens with zero attached hydrogens (tertiary/aromatic N) is 3. The third-order valence-electron chi connectivity index (χ3n) is 5.39. The van der Waals surface area contributed by atoms with Crippen LogP contribution in [0.2, 0.25) is 0 Å². The average molecular weight is 359 g/mol. The minimum absolute atomic E-state index is 0.139. The third-order valence-corrected chi connectivity index (χ3v) is 6.26. The van der Waals surface area contributed by atoms with Gasteiger partial charge in [-0.15, -0.1) is 11.3 Å². The third kappa shape index (κ3) is 3.37. The zero-order chi connectivity index (χ0) is 17.2. The summed E-state index contributed by atoms with van der Waals surface area (Å²) in [6, 6.07) is 4.69. The van der Waals surface area contributed by atoms with E-state index in [1.165, 1.54) is 16.1 Å². The molecular weight excluding hydrogens is 332 g/mol. The zero-order valence-electron chi connectivity index (χ0n) is 14.8. The number of likely N-dealkylation sites (tertiary alicyclic amines) is 1. The van der Waals surface area contributed by atoms with Crippen LogP contribution in [0.3, 0.4) is 0 Å². The standard InChI is InChI=1S/C19H26N4OS/c1-2-23-17-8-7-14(20-13-15-6-5-11-25-15)12-16(17)18(21-23)19(24)22-9-3-4-10-22/h5-6,11,14,20H,2-4,7-10,12-13H2,1H3/t14-/m1/s1. The highest BCUT2D eigenvalue weighted by atomic mass is 32.1. The number of carbonyl (C=O) groups is 1. The topological polar surface area (TPSA) is 50.2 Å². The molecule has 1 aliphatic heterocycles. The first-order chi connectivity index (χ1) is 12.3. The molecule has 0 bridgehead atoms. The van der Waals surface area contributed by atoms with Gasteiger partial charge in [-0.2, -0.15) is 5.10 Å². The van der Waals surface area contributed by atoms with Crippen molar-refractivity contribution in [3.05, 3.63) is 39.3 Å². The quantitative estimate of drug-likeness (QED) is 0.894. The van der Waals surface area contributed by atoms with Crippen LogP contribution >= 0.6 is 11.3 Å². The van der Waals surface area contributed by atoms with E-state index in [9.17, 15) is 4.79 Å². The number of amides is 1. The largest absolute Gasteiger partial charge is 0.337 e. The lowest BCUT2D eigenvalue weighted by Crippen LogP contribution is -2.35. The number of thiophene rings is 1. The fraction of sp³-hybridized carbons (Fsp3) is 0.579. The summed E-state index contributed by atoms with van der Waals surface area (Å²) >= 11 is 1.79. The predicted octanol–water partition coefficient (Wildman–Crippen LogP) is 2.85. The van der Waals surface area contributed by atoms with Gasteiger partial charge in [-0.1, -0.05) is 6.07 Å². The Morgan fingerprint density at radius 1 is 1.40 bits per heavy atom. The van der Waals surface area contributed by atoms with Crippen molar-refractivity contribution in [3.63, 3.8) is 0 Å². The highest BCUT2D eigenvalue weighted by Crippen LogP contribution is 2.27. The molecule has 25 heavy (non-hydrogen) atoms. The fourth-order valence-corrected chi connectivity index (χ4v) is 4.68. The Morgan fingerprint density at radius 3 is 2.96 bits per heavy atom. The minimum Gasteiger partial charge on any atom is -0.337 e.